The molecule has 18 heavy (non-hydrogen) atoms. The van der Waals surface area contributed by atoms with Crippen molar-refractivity contribution in [1.82, 2.24) is 0 Å². The second kappa shape index (κ2) is 9.30. The maximum Gasteiger partial charge on any atom is 0.330 e. The van der Waals surface area contributed by atoms with Gasteiger partial charge in [0.2, 0.25) is 0 Å². The van der Waals surface area contributed by atoms with E-state index in [1.54, 1.807) is 13.0 Å². The first-order valence-electron chi connectivity index (χ1n) is 6.54. The number of carboxylic acid groups (broad SMARTS) is 1. The van der Waals surface area contributed by atoms with E-state index >= 15 is 0 Å². The molecule has 0 radical (unpaired) electrons. The molecule has 4 nitrogen and oxygen atoms in total. The van der Waals surface area contributed by atoms with E-state index in [-0.39, 0.29) is 12.2 Å². The van der Waals surface area contributed by atoms with Crippen molar-refractivity contribution < 1.29 is 18.8 Å². The van der Waals surface area contributed by atoms with Gasteiger partial charge in [0.25, 0.3) is 0 Å². The second-order valence-corrected chi connectivity index (χ2v) is 6.90. The fraction of sp³-hybridized carbons (Fsp3) is 0.769. The summed E-state index contributed by atoms with van der Waals surface area (Å²) in [6, 6.07) is 0.916. The van der Waals surface area contributed by atoms with Crippen LogP contribution in [0.25, 0.3) is 0 Å². The van der Waals surface area contributed by atoms with Gasteiger partial charge in [-0.3, -0.25) is 0 Å². The van der Waals surface area contributed by atoms with Gasteiger partial charge in [-0.25, -0.2) is 4.79 Å². The fourth-order valence-electron chi connectivity index (χ4n) is 1.47. The highest BCUT2D eigenvalue weighted by atomic mass is 28.3. The Labute approximate surface area is 112 Å². The summed E-state index contributed by atoms with van der Waals surface area (Å²) in [4.78, 5) is 10.6. The van der Waals surface area contributed by atoms with Crippen LogP contribution in [-0.4, -0.2) is 32.6 Å². The molecule has 0 spiro atoms. The van der Waals surface area contributed by atoms with E-state index in [0.717, 1.165) is 18.9 Å². The van der Waals surface area contributed by atoms with Crippen LogP contribution in [0.15, 0.2) is 11.6 Å². The van der Waals surface area contributed by atoms with E-state index in [1.807, 2.05) is 27.7 Å². The molecule has 0 aliphatic carbocycles. The van der Waals surface area contributed by atoms with Gasteiger partial charge in [-0.1, -0.05) is 6.08 Å². The lowest BCUT2D eigenvalue weighted by Gasteiger charge is -2.21. The number of unbranched alkanes of at least 4 members (excludes halogenated alkanes) is 1. The standard InChI is InChI=1S/C13H26O4Si/c1-10(2)16-18(17-11(3)4)9-7-6-8-12(5)13(14)15/h8,10-11,18H,6-7,9H2,1-5H3,(H,14,15). The molecule has 0 atom stereocenters. The number of rotatable bonds is 9. The van der Waals surface area contributed by atoms with E-state index in [4.69, 9.17) is 14.0 Å². The van der Waals surface area contributed by atoms with E-state index < -0.39 is 15.3 Å². The van der Waals surface area contributed by atoms with Crippen molar-refractivity contribution in [3.05, 3.63) is 11.6 Å². The summed E-state index contributed by atoms with van der Waals surface area (Å²) in [7, 11) is -1.61. The molecule has 0 aromatic carbocycles. The van der Waals surface area contributed by atoms with Crippen LogP contribution in [0.4, 0.5) is 0 Å². The Morgan fingerprint density at radius 1 is 1.22 bits per heavy atom. The molecule has 0 bridgehead atoms. The minimum atomic E-state index is -1.61. The maximum absolute atomic E-state index is 10.6. The van der Waals surface area contributed by atoms with Crippen LogP contribution in [0.2, 0.25) is 6.04 Å². The first-order valence-corrected chi connectivity index (χ1v) is 8.29. The molecule has 0 amide bonds. The van der Waals surface area contributed by atoms with Gasteiger partial charge < -0.3 is 14.0 Å². The zero-order chi connectivity index (χ0) is 14.1. The van der Waals surface area contributed by atoms with E-state index in [1.165, 1.54) is 0 Å². The largest absolute Gasteiger partial charge is 0.478 e. The van der Waals surface area contributed by atoms with Crippen molar-refractivity contribution in [2.75, 3.05) is 0 Å². The van der Waals surface area contributed by atoms with Crippen molar-refractivity contribution >= 4 is 15.3 Å². The van der Waals surface area contributed by atoms with Crippen LogP contribution in [0.1, 0.15) is 47.5 Å². The number of aliphatic carboxylic acids is 1. The monoisotopic (exact) mass is 274 g/mol. The highest BCUT2D eigenvalue weighted by Crippen LogP contribution is 2.10. The molecular weight excluding hydrogens is 248 g/mol. The average Bonchev–Trinajstić information content (AvgIpc) is 2.21. The predicted octanol–water partition coefficient (Wildman–Crippen LogP) is 2.87. The van der Waals surface area contributed by atoms with Crippen molar-refractivity contribution in [3.8, 4) is 0 Å². The van der Waals surface area contributed by atoms with Gasteiger partial charge in [0.15, 0.2) is 0 Å². The lowest BCUT2D eigenvalue weighted by atomic mass is 10.2. The lowest BCUT2D eigenvalue weighted by molar-refractivity contribution is -0.132. The molecule has 0 rings (SSSR count). The number of carboxylic acids is 1. The van der Waals surface area contributed by atoms with Crippen molar-refractivity contribution in [1.29, 1.82) is 0 Å². The number of carbonyl (C=O) groups is 1. The van der Waals surface area contributed by atoms with E-state index in [9.17, 15) is 4.79 Å². The van der Waals surface area contributed by atoms with E-state index in [2.05, 4.69) is 0 Å². The Bertz CT molecular complexity index is 264. The highest BCUT2D eigenvalue weighted by Gasteiger charge is 2.16. The molecule has 0 fully saturated rings. The highest BCUT2D eigenvalue weighted by molar-refractivity contribution is 6.44. The summed E-state index contributed by atoms with van der Waals surface area (Å²) in [5.74, 6) is -0.847. The Hall–Kier alpha value is -0.653. The smallest absolute Gasteiger partial charge is 0.330 e. The second-order valence-electron chi connectivity index (χ2n) is 4.92. The predicted molar refractivity (Wildman–Crippen MR) is 75.0 cm³/mol. The Morgan fingerprint density at radius 3 is 2.11 bits per heavy atom. The third-order valence-corrected chi connectivity index (χ3v) is 4.86. The van der Waals surface area contributed by atoms with Gasteiger partial charge in [0, 0.05) is 17.8 Å². The van der Waals surface area contributed by atoms with Gasteiger partial charge in [-0.2, -0.15) is 0 Å². The molecule has 1 N–H and O–H groups in total. The summed E-state index contributed by atoms with van der Waals surface area (Å²) in [6.07, 6.45) is 3.83. The van der Waals surface area contributed by atoms with Crippen LogP contribution >= 0.6 is 0 Å². The Balaban J connectivity index is 4.03. The molecule has 0 heterocycles. The van der Waals surface area contributed by atoms with Gasteiger partial charge in [0.05, 0.1) is 0 Å². The van der Waals surface area contributed by atoms with Crippen LogP contribution < -0.4 is 0 Å². The summed E-state index contributed by atoms with van der Waals surface area (Å²) >= 11 is 0. The normalized spacial score (nSPS) is 12.8. The summed E-state index contributed by atoms with van der Waals surface area (Å²) in [6.45, 7) is 9.67. The van der Waals surface area contributed by atoms with Gasteiger partial charge in [-0.15, -0.1) is 0 Å². The Morgan fingerprint density at radius 2 is 1.72 bits per heavy atom. The van der Waals surface area contributed by atoms with E-state index in [0.29, 0.717) is 5.57 Å². The lowest BCUT2D eigenvalue weighted by Crippen LogP contribution is -2.29. The van der Waals surface area contributed by atoms with Crippen LogP contribution in [0.3, 0.4) is 0 Å². The third-order valence-electron chi connectivity index (χ3n) is 2.28. The zero-order valence-electron chi connectivity index (χ0n) is 12.1. The van der Waals surface area contributed by atoms with Gasteiger partial charge in [0.1, 0.15) is 0 Å². The first kappa shape index (κ1) is 17.3. The van der Waals surface area contributed by atoms with Crippen LogP contribution in [0.5, 0.6) is 0 Å². The quantitative estimate of drug-likeness (QED) is 0.399. The first-order chi connectivity index (χ1) is 8.32. The van der Waals surface area contributed by atoms with Gasteiger partial charge in [-0.05, 0) is 53.5 Å². The Kier molecular flexibility index (Phi) is 8.96. The zero-order valence-corrected chi connectivity index (χ0v) is 13.3. The molecular formula is C13H26O4Si. The molecule has 0 saturated heterocycles. The summed E-state index contributed by atoms with van der Waals surface area (Å²) in [5.41, 5.74) is 0.405. The fourth-order valence-corrected chi connectivity index (χ4v) is 3.59. The number of hydrogen-bond acceptors (Lipinski definition) is 3. The molecule has 0 aromatic heterocycles. The molecule has 5 heteroatoms. The third kappa shape index (κ3) is 9.38. The topological polar surface area (TPSA) is 55.8 Å². The van der Waals surface area contributed by atoms with Crippen molar-refractivity contribution in [2.24, 2.45) is 0 Å². The number of allylic oxidation sites excluding steroid dienone is 1. The molecule has 0 aromatic rings. The van der Waals surface area contributed by atoms with Crippen molar-refractivity contribution in [2.45, 2.75) is 65.7 Å². The summed E-state index contributed by atoms with van der Waals surface area (Å²) < 4.78 is 11.6. The minimum absolute atomic E-state index is 0.191. The van der Waals surface area contributed by atoms with Crippen LogP contribution in [0, 0.1) is 0 Å². The molecule has 0 aliphatic heterocycles. The molecule has 106 valence electrons. The average molecular weight is 274 g/mol. The maximum atomic E-state index is 10.6. The summed E-state index contributed by atoms with van der Waals surface area (Å²) in [5, 5.41) is 8.72. The van der Waals surface area contributed by atoms with Crippen molar-refractivity contribution in [3.63, 3.8) is 0 Å². The minimum Gasteiger partial charge on any atom is -0.478 e. The number of hydrogen-bond donors (Lipinski definition) is 1. The molecule has 0 unspecified atom stereocenters. The van der Waals surface area contributed by atoms with Crippen LogP contribution in [-0.2, 0) is 13.6 Å². The van der Waals surface area contributed by atoms with Gasteiger partial charge >= 0.3 is 15.3 Å². The molecule has 0 aliphatic rings. The molecule has 0 saturated carbocycles. The SMILES string of the molecule is CC(=CCCC[SiH](OC(C)C)OC(C)C)C(=O)O.